The second-order valence-electron chi connectivity index (χ2n) is 10.2. The molecule has 5 rings (SSSR count). The molecule has 190 valence electrons. The molecule has 2 aliphatic heterocycles. The van der Waals surface area contributed by atoms with Crippen molar-refractivity contribution in [2.75, 3.05) is 25.5 Å². The average Bonchev–Trinajstić information content (AvgIpc) is 3.38. The maximum absolute atomic E-state index is 13.7. The van der Waals surface area contributed by atoms with Crippen LogP contribution in [-0.2, 0) is 25.8 Å². The molecule has 2 heterocycles. The summed E-state index contributed by atoms with van der Waals surface area (Å²) in [5, 5.41) is 4.46. The summed E-state index contributed by atoms with van der Waals surface area (Å²) >= 11 is 0. The Morgan fingerprint density at radius 1 is 0.972 bits per heavy atom. The number of nitrogens with one attached hydrogen (secondary N) is 1. The highest BCUT2D eigenvalue weighted by Crippen LogP contribution is 2.46. The Bertz CT molecular complexity index is 1100. The molecule has 3 unspecified atom stereocenters. The molecule has 8 nitrogen and oxygen atoms in total. The van der Waals surface area contributed by atoms with Crippen molar-refractivity contribution < 1.29 is 19.2 Å². The number of anilines is 1. The van der Waals surface area contributed by atoms with Crippen LogP contribution in [0.25, 0.3) is 0 Å². The minimum Gasteiger partial charge on any atom is -0.378 e. The first kappa shape index (κ1) is 24.5. The lowest BCUT2D eigenvalue weighted by atomic mass is 9.90. The molecule has 3 amide bonds. The summed E-state index contributed by atoms with van der Waals surface area (Å²) in [6.45, 7) is 0.333. The molecular formula is C28H34N4O4. The summed E-state index contributed by atoms with van der Waals surface area (Å²) in [7, 11) is 3.93. The number of carbonyl (C=O) groups excluding carboxylic acids is 3. The normalized spacial score (nSPS) is 24.7. The minimum absolute atomic E-state index is 0.0488. The van der Waals surface area contributed by atoms with Gasteiger partial charge in [0.15, 0.2) is 6.10 Å². The van der Waals surface area contributed by atoms with E-state index < -0.39 is 18.1 Å². The van der Waals surface area contributed by atoms with Crippen LogP contribution < -0.4 is 10.2 Å². The number of hydroxylamine groups is 2. The van der Waals surface area contributed by atoms with Gasteiger partial charge in [-0.2, -0.15) is 5.06 Å². The molecule has 0 aromatic heterocycles. The molecule has 3 fully saturated rings. The summed E-state index contributed by atoms with van der Waals surface area (Å²) < 4.78 is 0. The van der Waals surface area contributed by atoms with E-state index in [4.69, 9.17) is 4.84 Å². The number of rotatable bonds is 7. The molecule has 1 saturated carbocycles. The fraction of sp³-hybridized carbons (Fsp3) is 0.464. The molecule has 1 aliphatic carbocycles. The van der Waals surface area contributed by atoms with Gasteiger partial charge in [0.25, 0.3) is 5.91 Å². The van der Waals surface area contributed by atoms with Gasteiger partial charge >= 0.3 is 0 Å². The van der Waals surface area contributed by atoms with Crippen LogP contribution in [-0.4, -0.2) is 60.5 Å². The topological polar surface area (TPSA) is 82.2 Å². The molecule has 0 radical (unpaired) electrons. The number of fused-ring (bicyclic) bond motifs is 1. The maximum atomic E-state index is 13.7. The zero-order chi connectivity index (χ0) is 25.2. The third-order valence-electron chi connectivity index (χ3n) is 7.55. The Morgan fingerprint density at radius 3 is 2.33 bits per heavy atom. The van der Waals surface area contributed by atoms with Crippen LogP contribution in [0, 0.1) is 5.92 Å². The zero-order valence-corrected chi connectivity index (χ0v) is 20.9. The lowest BCUT2D eigenvalue weighted by molar-refractivity contribution is -0.184. The first-order valence-electron chi connectivity index (χ1n) is 12.8. The molecule has 36 heavy (non-hydrogen) atoms. The van der Waals surface area contributed by atoms with Crippen molar-refractivity contribution in [1.29, 1.82) is 0 Å². The van der Waals surface area contributed by atoms with E-state index in [0.717, 1.165) is 48.9 Å². The number of amides is 3. The first-order valence-corrected chi connectivity index (χ1v) is 12.8. The van der Waals surface area contributed by atoms with Crippen molar-refractivity contribution in [3.05, 3.63) is 65.7 Å². The Labute approximate surface area is 212 Å². The third kappa shape index (κ3) is 4.75. The molecule has 0 spiro atoms. The molecule has 1 N–H and O–H groups in total. The van der Waals surface area contributed by atoms with E-state index in [-0.39, 0.29) is 30.3 Å². The monoisotopic (exact) mass is 490 g/mol. The van der Waals surface area contributed by atoms with Crippen molar-refractivity contribution in [2.24, 2.45) is 5.92 Å². The Balaban J connectivity index is 1.38. The van der Waals surface area contributed by atoms with Gasteiger partial charge in [0.2, 0.25) is 11.8 Å². The highest BCUT2D eigenvalue weighted by molar-refractivity contribution is 6.07. The van der Waals surface area contributed by atoms with Gasteiger partial charge in [-0.1, -0.05) is 61.7 Å². The second-order valence-corrected chi connectivity index (χ2v) is 10.2. The summed E-state index contributed by atoms with van der Waals surface area (Å²) in [6.07, 6.45) is 4.01. The lowest BCUT2D eigenvalue weighted by Gasteiger charge is -2.32. The first-order chi connectivity index (χ1) is 17.4. The predicted octanol–water partition coefficient (Wildman–Crippen LogP) is 3.04. The molecular weight excluding hydrogens is 456 g/mol. The number of likely N-dealkylation sites (tertiary alicyclic amines) is 1. The van der Waals surface area contributed by atoms with E-state index >= 15 is 0 Å². The smallest absolute Gasteiger partial charge is 0.261 e. The van der Waals surface area contributed by atoms with Crippen LogP contribution >= 0.6 is 0 Å². The Hall–Kier alpha value is -3.23. The van der Waals surface area contributed by atoms with Gasteiger partial charge < -0.3 is 10.2 Å². The zero-order valence-electron chi connectivity index (χ0n) is 20.9. The SMILES string of the molecule is CN(C)c1ccc(C2C3C(=O)N(C4CCCCC4)C(=O)C3ON2CC(=O)NCc2ccccc2)cc1. The quantitative estimate of drug-likeness (QED) is 0.601. The van der Waals surface area contributed by atoms with Crippen molar-refractivity contribution in [3.8, 4) is 0 Å². The van der Waals surface area contributed by atoms with E-state index in [9.17, 15) is 14.4 Å². The second kappa shape index (κ2) is 10.4. The molecule has 2 aromatic rings. The fourth-order valence-electron chi connectivity index (χ4n) is 5.66. The number of hydrogen-bond donors (Lipinski definition) is 1. The standard InChI is InChI=1S/C28H34N4O4/c1-30(2)21-15-13-20(14-16-21)25-24-26(28(35)32(27(24)34)22-11-7-4-8-12-22)36-31(25)18-23(33)29-17-19-9-5-3-6-10-19/h3,5-6,9-10,13-16,22,24-26H,4,7-8,11-12,17-18H2,1-2H3,(H,29,33). The lowest BCUT2D eigenvalue weighted by Crippen LogP contribution is -2.45. The number of benzene rings is 2. The molecule has 8 heteroatoms. The maximum Gasteiger partial charge on any atom is 0.261 e. The Kier molecular flexibility index (Phi) is 7.07. The van der Waals surface area contributed by atoms with Gasteiger partial charge in [-0.05, 0) is 36.1 Å². The molecule has 3 atom stereocenters. The van der Waals surface area contributed by atoms with E-state index in [1.807, 2.05) is 73.6 Å². The minimum atomic E-state index is -0.889. The summed E-state index contributed by atoms with van der Waals surface area (Å²) in [4.78, 5) is 49.5. The molecule has 0 bridgehead atoms. The number of nitrogens with zero attached hydrogens (tertiary/aromatic N) is 3. The summed E-state index contributed by atoms with van der Waals surface area (Å²) in [6, 6.07) is 17.0. The van der Waals surface area contributed by atoms with Crippen LogP contribution in [0.1, 0.15) is 49.3 Å². The fourth-order valence-corrected chi connectivity index (χ4v) is 5.66. The van der Waals surface area contributed by atoms with Gasteiger partial charge in [-0.3, -0.25) is 24.1 Å². The number of hydrogen-bond acceptors (Lipinski definition) is 6. The molecule has 2 saturated heterocycles. The molecule has 2 aromatic carbocycles. The Morgan fingerprint density at radius 2 is 1.67 bits per heavy atom. The van der Waals surface area contributed by atoms with E-state index in [1.54, 1.807) is 0 Å². The van der Waals surface area contributed by atoms with E-state index in [0.29, 0.717) is 6.54 Å². The van der Waals surface area contributed by atoms with Crippen molar-refractivity contribution >= 4 is 23.4 Å². The highest BCUT2D eigenvalue weighted by atomic mass is 16.7. The van der Waals surface area contributed by atoms with Crippen LogP contribution in [0.4, 0.5) is 5.69 Å². The van der Waals surface area contributed by atoms with Gasteiger partial charge in [-0.25, -0.2) is 0 Å². The molecule has 3 aliphatic rings. The third-order valence-corrected chi connectivity index (χ3v) is 7.55. The van der Waals surface area contributed by atoms with Gasteiger partial charge in [0.1, 0.15) is 6.54 Å². The van der Waals surface area contributed by atoms with E-state index in [1.165, 1.54) is 9.96 Å². The van der Waals surface area contributed by atoms with Gasteiger partial charge in [0.05, 0.1) is 12.0 Å². The van der Waals surface area contributed by atoms with Crippen molar-refractivity contribution in [3.63, 3.8) is 0 Å². The van der Waals surface area contributed by atoms with Crippen LogP contribution in [0.5, 0.6) is 0 Å². The number of imide groups is 1. The van der Waals surface area contributed by atoms with Crippen LogP contribution in [0.3, 0.4) is 0 Å². The van der Waals surface area contributed by atoms with Gasteiger partial charge in [0, 0.05) is 32.4 Å². The van der Waals surface area contributed by atoms with Crippen LogP contribution in [0.2, 0.25) is 0 Å². The van der Waals surface area contributed by atoms with Crippen molar-refractivity contribution in [2.45, 2.75) is 56.8 Å². The van der Waals surface area contributed by atoms with Gasteiger partial charge in [-0.15, -0.1) is 0 Å². The number of carbonyl (C=O) groups is 3. The largest absolute Gasteiger partial charge is 0.378 e. The summed E-state index contributed by atoms with van der Waals surface area (Å²) in [5.74, 6) is -1.32. The van der Waals surface area contributed by atoms with E-state index in [2.05, 4.69) is 5.32 Å². The van der Waals surface area contributed by atoms with Crippen molar-refractivity contribution in [1.82, 2.24) is 15.3 Å². The summed E-state index contributed by atoms with van der Waals surface area (Å²) in [5.41, 5.74) is 2.88. The highest BCUT2D eigenvalue weighted by Gasteiger charge is 2.60. The van der Waals surface area contributed by atoms with Crippen LogP contribution in [0.15, 0.2) is 54.6 Å². The average molecular weight is 491 g/mol. The predicted molar refractivity (Wildman–Crippen MR) is 136 cm³/mol.